The van der Waals surface area contributed by atoms with E-state index >= 15 is 19.2 Å². The van der Waals surface area contributed by atoms with E-state index in [1.807, 2.05) is 44.4 Å². The van der Waals surface area contributed by atoms with Gasteiger partial charge in [-0.2, -0.15) is 0 Å². The van der Waals surface area contributed by atoms with E-state index in [0.29, 0.717) is 75.1 Å². The SMILES string of the molecule is CCCCCCCCC(CCCCCCCC)n1c2cc(-c3ccc(C4=C5C(=O)N(CC(CC)CCCC)C(c6ccc(-c7ccc(/C=C8/SC(=S)N(CC)C8=O)s7)s6)=C5C(=O)N4CC(CC)CCCC)s3)ccc2c2ccc(-c3ccc(C4=C5C(=O)N(CC(CC)CCCC)C(c6ccc(-c7ccc(/C=C8/SC(=S)N(CC)C8O)s7)s6)=C5C(=O)N4CC(CC)CCCC)s3)cc21. The minimum Gasteiger partial charge on any atom is -0.369 e. The van der Waals surface area contributed by atoms with Crippen LogP contribution in [0.3, 0.4) is 0 Å². The van der Waals surface area contributed by atoms with E-state index in [4.69, 9.17) is 24.4 Å². The van der Waals surface area contributed by atoms with Crippen LogP contribution in [0, 0.1) is 23.7 Å². The Bertz CT molecular complexity index is 5810. The van der Waals surface area contributed by atoms with Gasteiger partial charge in [0.1, 0.15) is 8.64 Å². The number of aromatic nitrogens is 1. The van der Waals surface area contributed by atoms with Gasteiger partial charge in [-0.15, -0.1) is 68.0 Å². The van der Waals surface area contributed by atoms with Gasteiger partial charge >= 0.3 is 0 Å². The molecule has 132 heavy (non-hydrogen) atoms. The molecule has 2 aromatic carbocycles. The number of hydrogen-bond donors (Lipinski definition) is 1. The van der Waals surface area contributed by atoms with Crippen molar-refractivity contribution in [3.8, 4) is 40.4 Å². The summed E-state index contributed by atoms with van der Waals surface area (Å²) in [6, 6.07) is 40.3. The molecule has 6 aliphatic heterocycles. The van der Waals surface area contributed by atoms with Crippen molar-refractivity contribution in [2.75, 3.05) is 39.3 Å². The van der Waals surface area contributed by atoms with Crippen molar-refractivity contribution in [2.45, 2.75) is 288 Å². The van der Waals surface area contributed by atoms with Crippen molar-refractivity contribution in [2.24, 2.45) is 23.7 Å². The lowest BCUT2D eigenvalue weighted by Gasteiger charge is -2.29. The number of carbonyl (C=O) groups is 5. The van der Waals surface area contributed by atoms with Gasteiger partial charge in [-0.05, 0) is 184 Å². The summed E-state index contributed by atoms with van der Waals surface area (Å²) in [6.07, 6.45) is 36.0. The maximum Gasteiger partial charge on any atom is 0.266 e. The molecule has 13 nitrogen and oxygen atoms in total. The van der Waals surface area contributed by atoms with Gasteiger partial charge in [0.2, 0.25) is 0 Å². The molecule has 5 atom stereocenters. The molecule has 15 rings (SSSR count). The van der Waals surface area contributed by atoms with Crippen molar-refractivity contribution in [1.29, 1.82) is 0 Å². The van der Waals surface area contributed by atoms with Crippen LogP contribution in [-0.4, -0.2) is 123 Å². The second-order valence-electron chi connectivity index (χ2n) is 36.9. The number of rotatable bonds is 51. The molecule has 0 saturated carbocycles. The Kier molecular flexibility index (Phi) is 34.9. The van der Waals surface area contributed by atoms with Gasteiger partial charge in [0.15, 0.2) is 6.23 Å². The Morgan fingerprint density at radius 3 is 1.02 bits per heavy atom. The summed E-state index contributed by atoms with van der Waals surface area (Å²) in [6.45, 7) is 29.7. The quantitative estimate of drug-likeness (QED) is 0.0222. The molecule has 0 bridgehead atoms. The number of fused-ring (bicyclic) bond motifs is 5. The topological polar surface area (TPSA) is 130 Å². The molecule has 5 amide bonds. The molecular formula is C109H135N7O6S10. The fourth-order valence-electron chi connectivity index (χ4n) is 20.2. The number of likely N-dealkylation sites (N-methyl/N-ethyl adjacent to an activating group) is 2. The maximum atomic E-state index is 16.2. The second-order valence-corrected chi connectivity index (χ2v) is 46.8. The first-order valence-corrected chi connectivity index (χ1v) is 57.2. The van der Waals surface area contributed by atoms with E-state index in [1.54, 1.807) is 72.9 Å². The molecule has 702 valence electrons. The highest BCUT2D eigenvalue weighted by atomic mass is 32.2. The van der Waals surface area contributed by atoms with E-state index in [1.165, 1.54) is 110 Å². The first-order valence-electron chi connectivity index (χ1n) is 49.9. The van der Waals surface area contributed by atoms with Crippen molar-refractivity contribution < 1.29 is 29.1 Å². The van der Waals surface area contributed by atoms with Gasteiger partial charge in [-0.25, -0.2) is 0 Å². The number of benzene rings is 2. The van der Waals surface area contributed by atoms with Crippen LogP contribution in [0.4, 0.5) is 0 Å². The monoisotopic (exact) mass is 1960 g/mol. The zero-order valence-electron chi connectivity index (χ0n) is 79.7. The zero-order chi connectivity index (χ0) is 93.0. The van der Waals surface area contributed by atoms with Gasteiger partial charge in [-0.1, -0.05) is 296 Å². The molecule has 23 heteroatoms. The molecule has 1 N–H and O–H groups in total. The number of hydrogen-bond acceptors (Lipinski definition) is 16. The Hall–Kier alpha value is -7.13. The van der Waals surface area contributed by atoms with E-state index in [9.17, 15) is 9.90 Å². The summed E-state index contributed by atoms with van der Waals surface area (Å²) in [7, 11) is 0. The van der Waals surface area contributed by atoms with Crippen molar-refractivity contribution in [3.63, 3.8) is 0 Å². The minimum absolute atomic E-state index is 0.0598. The molecule has 7 aromatic heterocycles. The summed E-state index contributed by atoms with van der Waals surface area (Å²) < 4.78 is 4.00. The largest absolute Gasteiger partial charge is 0.369 e. The summed E-state index contributed by atoms with van der Waals surface area (Å²) in [4.78, 5) is 103. The Balaban J connectivity index is 0.843. The van der Waals surface area contributed by atoms with Crippen LogP contribution in [0.25, 0.3) is 97.1 Å². The first kappa shape index (κ1) is 99.4. The lowest BCUT2D eigenvalue weighted by Crippen LogP contribution is -2.34. The molecule has 0 radical (unpaired) electrons. The van der Waals surface area contributed by atoms with Gasteiger partial charge in [0.05, 0.1) is 80.5 Å². The third kappa shape index (κ3) is 21.3. The van der Waals surface area contributed by atoms with Crippen LogP contribution in [0.5, 0.6) is 0 Å². The molecule has 9 aromatic rings. The lowest BCUT2D eigenvalue weighted by atomic mass is 9.98. The second kappa shape index (κ2) is 46.3. The van der Waals surface area contributed by atoms with Crippen LogP contribution in [0.2, 0.25) is 0 Å². The number of aliphatic hydroxyl groups is 1. The maximum absolute atomic E-state index is 16.2. The van der Waals surface area contributed by atoms with Crippen molar-refractivity contribution >= 4 is 211 Å². The molecule has 6 aliphatic rings. The summed E-state index contributed by atoms with van der Waals surface area (Å²) in [5.74, 6) is 0.548. The predicted octanol–water partition coefficient (Wildman–Crippen LogP) is 31.6. The standard InChI is InChI=1S/C109H135N7O6S10/c1-13-25-31-33-35-37-43-75(44-38-36-34-32-26-14-2)116-80-61-73(82-53-57-88(127-82)98-94-96(106(121)112(98)65-69(19-7)39-27-15-3)100(114(104(94)119)67-71(21-9)41-29-17-5)90-59-55-86(129-90)84-51-47-76(125-84)63-92-102(117)110(23-11)108(123)131-92)45-49-78(80)79-50-46-74(62-81(79)116)83-54-58-89(128-83)99-95-97(107(122)113(99)66-70(20-8)40-28-16-4)101(115(105(95)120)68-72(22-10)42-30-18-6)91-60-56-87(130-91)85-52-48-77(126-85)64-93-103(118)111(24-12)109(124)132-93/h45-64,69-72,75,102,117H,13-44,65-68H2,1-12H3/b92-63+,93-64+. The number of thiophene rings is 6. The Labute approximate surface area is 828 Å². The number of thioether (sulfide) groups is 2. The molecule has 2 saturated heterocycles. The van der Waals surface area contributed by atoms with Crippen molar-refractivity contribution in [1.82, 2.24) is 34.0 Å². The van der Waals surface area contributed by atoms with Gasteiger partial charge in [0.25, 0.3) is 29.5 Å². The molecule has 13 heterocycles. The summed E-state index contributed by atoms with van der Waals surface area (Å²) in [5.41, 5.74) is 9.69. The average Bonchev–Trinajstić information content (AvgIpc) is 1.56. The minimum atomic E-state index is -0.766. The highest BCUT2D eigenvalue weighted by molar-refractivity contribution is 8.27. The molecule has 5 unspecified atom stereocenters. The van der Waals surface area contributed by atoms with Crippen LogP contribution >= 0.6 is 116 Å². The number of thiocarbonyl (C=S) groups is 2. The highest BCUT2D eigenvalue weighted by Gasteiger charge is 2.53. The Morgan fingerprint density at radius 2 is 0.667 bits per heavy atom. The van der Waals surface area contributed by atoms with Crippen LogP contribution in [-0.2, 0) is 24.0 Å². The third-order valence-electron chi connectivity index (χ3n) is 28.0. The number of unbranched alkanes of at least 4 members (excludes halogenated alkanes) is 14. The van der Waals surface area contributed by atoms with Crippen LogP contribution in [0.15, 0.2) is 141 Å². The molecule has 0 spiro atoms. The third-order valence-corrected chi connectivity index (χ3v) is 37.8. The van der Waals surface area contributed by atoms with Crippen molar-refractivity contribution in [3.05, 3.63) is 171 Å². The molecule has 2 fully saturated rings. The fourth-order valence-corrected chi connectivity index (χ4v) is 29.5. The van der Waals surface area contributed by atoms with Crippen LogP contribution < -0.4 is 0 Å². The zero-order valence-corrected chi connectivity index (χ0v) is 87.8. The van der Waals surface area contributed by atoms with Gasteiger partial charge in [0, 0.05) is 100 Å². The number of amides is 5. The number of aliphatic hydroxyl groups excluding tert-OH is 1. The van der Waals surface area contributed by atoms with E-state index in [2.05, 4.69) is 189 Å². The first-order chi connectivity index (χ1) is 64.3. The van der Waals surface area contributed by atoms with Crippen LogP contribution in [0.1, 0.15) is 311 Å². The van der Waals surface area contributed by atoms with E-state index in [-0.39, 0.29) is 59.2 Å². The van der Waals surface area contributed by atoms with E-state index < -0.39 is 6.23 Å². The molecular weight excluding hydrogens is 1820 g/mol. The van der Waals surface area contributed by atoms with Gasteiger partial charge < -0.3 is 34.2 Å². The fraction of sp³-hybridized carbons (Fsp3) is 0.495. The number of nitrogens with zero attached hydrogens (tertiary/aromatic N) is 7. The predicted molar refractivity (Wildman–Crippen MR) is 576 cm³/mol. The normalized spacial score (nSPS) is 17.8. The molecule has 0 aliphatic carbocycles. The lowest BCUT2D eigenvalue weighted by molar-refractivity contribution is -0.124. The number of carbonyl (C=O) groups excluding carboxylic acids is 5. The average molecular weight is 1960 g/mol. The smallest absolute Gasteiger partial charge is 0.266 e. The Morgan fingerprint density at radius 1 is 0.333 bits per heavy atom. The highest BCUT2D eigenvalue weighted by Crippen LogP contribution is 2.55. The summed E-state index contributed by atoms with van der Waals surface area (Å²) >= 11 is 24.0. The van der Waals surface area contributed by atoms with Gasteiger partial charge in [-0.3, -0.25) is 28.9 Å². The summed E-state index contributed by atoms with van der Waals surface area (Å²) in [5, 5.41) is 13.6. The van der Waals surface area contributed by atoms with E-state index in [0.717, 1.165) is 226 Å².